The van der Waals surface area contributed by atoms with Crippen LogP contribution < -0.4 is 5.32 Å². The molecule has 1 aliphatic rings. The molecule has 2 heterocycles. The van der Waals surface area contributed by atoms with E-state index in [9.17, 15) is 9.59 Å². The molecule has 3 atom stereocenters. The second-order valence-corrected chi connectivity index (χ2v) is 9.69. The van der Waals surface area contributed by atoms with Gasteiger partial charge in [0.25, 0.3) is 0 Å². The molecule has 1 fully saturated rings. The van der Waals surface area contributed by atoms with Crippen molar-refractivity contribution >= 4 is 39.7 Å². The predicted octanol–water partition coefficient (Wildman–Crippen LogP) is 4.22. The number of amides is 2. The van der Waals surface area contributed by atoms with Crippen molar-refractivity contribution in [1.82, 2.24) is 20.2 Å². The van der Waals surface area contributed by atoms with Gasteiger partial charge in [-0.1, -0.05) is 41.9 Å². The lowest BCUT2D eigenvalue weighted by atomic mass is 10.0. The fraction of sp³-hybridized carbons (Fsp3) is 0.476. The fourth-order valence-electron chi connectivity index (χ4n) is 3.62. The van der Waals surface area contributed by atoms with Crippen LogP contribution in [0.4, 0.5) is 4.79 Å². The lowest BCUT2D eigenvalue weighted by Gasteiger charge is -2.30. The van der Waals surface area contributed by atoms with Crippen molar-refractivity contribution in [2.45, 2.75) is 37.6 Å². The zero-order chi connectivity index (χ0) is 21.8. The molecule has 162 valence electrons. The Morgan fingerprint density at radius 2 is 2.03 bits per heavy atom. The van der Waals surface area contributed by atoms with Crippen molar-refractivity contribution in [1.29, 1.82) is 0 Å². The summed E-state index contributed by atoms with van der Waals surface area (Å²) in [5.41, 5.74) is 1.84. The van der Waals surface area contributed by atoms with E-state index in [4.69, 9.17) is 9.72 Å². The van der Waals surface area contributed by atoms with E-state index in [0.29, 0.717) is 11.8 Å². The minimum Gasteiger partial charge on any atom is -0.453 e. The van der Waals surface area contributed by atoms with Crippen LogP contribution >= 0.6 is 27.7 Å². The maximum atomic E-state index is 13.4. The number of rotatable bonds is 6. The molecule has 1 aromatic heterocycles. The molecule has 7 nitrogen and oxygen atoms in total. The highest BCUT2D eigenvalue weighted by molar-refractivity contribution is 9.10. The topological polar surface area (TPSA) is 87.3 Å². The van der Waals surface area contributed by atoms with Crippen molar-refractivity contribution in [2.75, 3.05) is 19.9 Å². The number of halogens is 1. The van der Waals surface area contributed by atoms with Gasteiger partial charge in [-0.25, -0.2) is 9.78 Å². The number of aromatic nitrogens is 2. The van der Waals surface area contributed by atoms with E-state index in [2.05, 4.69) is 32.5 Å². The Hall–Kier alpha value is -2.00. The Kier molecular flexibility index (Phi) is 7.46. The summed E-state index contributed by atoms with van der Waals surface area (Å²) < 4.78 is 5.72. The quantitative estimate of drug-likeness (QED) is 0.627. The van der Waals surface area contributed by atoms with Crippen LogP contribution in [-0.2, 0) is 9.53 Å². The molecule has 0 spiro atoms. The number of benzene rings is 1. The number of carbonyl (C=O) groups excluding carboxylic acids is 2. The van der Waals surface area contributed by atoms with Crippen molar-refractivity contribution in [3.05, 3.63) is 40.8 Å². The first-order valence-corrected chi connectivity index (χ1v) is 11.9. The van der Waals surface area contributed by atoms with E-state index >= 15 is 0 Å². The summed E-state index contributed by atoms with van der Waals surface area (Å²) >= 11 is 5.19. The highest BCUT2D eigenvalue weighted by atomic mass is 79.9. The number of alkyl carbamates (subject to hydrolysis) is 1. The zero-order valence-corrected chi connectivity index (χ0v) is 19.9. The molecule has 9 heteroatoms. The van der Waals surface area contributed by atoms with Gasteiger partial charge in [0, 0.05) is 28.0 Å². The summed E-state index contributed by atoms with van der Waals surface area (Å²) in [5.74, 6) is 0.581. The van der Waals surface area contributed by atoms with Gasteiger partial charge in [0.1, 0.15) is 11.9 Å². The number of imidazole rings is 1. The Morgan fingerprint density at radius 3 is 2.63 bits per heavy atom. The van der Waals surface area contributed by atoms with Crippen LogP contribution in [0.15, 0.2) is 34.9 Å². The molecular weight excluding hydrogens is 468 g/mol. The predicted molar refractivity (Wildman–Crippen MR) is 122 cm³/mol. The van der Waals surface area contributed by atoms with Crippen LogP contribution in [0.2, 0.25) is 0 Å². The van der Waals surface area contributed by atoms with Crippen LogP contribution in [0.3, 0.4) is 0 Å². The molecule has 2 aromatic rings. The average Bonchev–Trinajstić information content (AvgIpc) is 3.38. The Labute approximate surface area is 189 Å². The number of hydrogen-bond donors (Lipinski definition) is 2. The fourth-order valence-corrected chi connectivity index (χ4v) is 4.57. The molecule has 30 heavy (non-hydrogen) atoms. The summed E-state index contributed by atoms with van der Waals surface area (Å²) in [6.45, 7) is 4.44. The molecule has 1 aromatic carbocycles. The maximum absolute atomic E-state index is 13.4. The third kappa shape index (κ3) is 5.00. The van der Waals surface area contributed by atoms with Gasteiger partial charge >= 0.3 is 6.09 Å². The summed E-state index contributed by atoms with van der Waals surface area (Å²) in [6.07, 6.45) is 4.14. The number of aromatic amines is 1. The average molecular weight is 495 g/mol. The van der Waals surface area contributed by atoms with E-state index in [1.807, 2.05) is 49.2 Å². The van der Waals surface area contributed by atoms with Crippen molar-refractivity contribution in [2.24, 2.45) is 5.92 Å². The first-order chi connectivity index (χ1) is 14.3. The maximum Gasteiger partial charge on any atom is 0.407 e. The molecule has 3 rings (SSSR count). The van der Waals surface area contributed by atoms with Crippen LogP contribution in [-0.4, -0.2) is 58.1 Å². The van der Waals surface area contributed by atoms with Crippen LogP contribution in [0.1, 0.15) is 32.1 Å². The molecule has 0 saturated carbocycles. The Bertz CT molecular complexity index is 887. The minimum absolute atomic E-state index is 0.0690. The Morgan fingerprint density at radius 1 is 1.33 bits per heavy atom. The smallest absolute Gasteiger partial charge is 0.407 e. The van der Waals surface area contributed by atoms with Crippen molar-refractivity contribution in [3.8, 4) is 11.3 Å². The molecule has 0 bridgehead atoms. The van der Waals surface area contributed by atoms with Gasteiger partial charge in [-0.2, -0.15) is 11.8 Å². The third-order valence-electron chi connectivity index (χ3n) is 5.32. The lowest BCUT2D eigenvalue weighted by Crippen LogP contribution is -2.51. The summed E-state index contributed by atoms with van der Waals surface area (Å²) in [6, 6.07) is 7.14. The standard InChI is InChI=1S/C21H27BrN4O3S/c1-12(2)18(25-21(28)29-3)20(27)26-11-15(30-4)9-17(26)19-23-10-16(24-19)13-5-7-14(22)8-6-13/h5-8,10,12,15,17-18H,9,11H2,1-4H3,(H,23,24)(H,25,28)/t15-,17-,18?/m0/s1. The number of likely N-dealkylation sites (tertiary alicyclic amines) is 1. The van der Waals surface area contributed by atoms with Gasteiger partial charge in [0.05, 0.1) is 18.8 Å². The molecule has 2 N–H and O–H groups in total. The number of hydrogen-bond acceptors (Lipinski definition) is 5. The van der Waals surface area contributed by atoms with E-state index < -0.39 is 12.1 Å². The van der Waals surface area contributed by atoms with Crippen LogP contribution in [0.25, 0.3) is 11.3 Å². The van der Waals surface area contributed by atoms with E-state index in [0.717, 1.165) is 28.0 Å². The van der Waals surface area contributed by atoms with Crippen molar-refractivity contribution < 1.29 is 14.3 Å². The molecule has 1 unspecified atom stereocenters. The van der Waals surface area contributed by atoms with E-state index in [1.54, 1.807) is 11.8 Å². The first kappa shape index (κ1) is 22.7. The van der Waals surface area contributed by atoms with Gasteiger partial charge in [0.15, 0.2) is 0 Å². The first-order valence-electron chi connectivity index (χ1n) is 9.83. The SMILES string of the molecule is COC(=O)NC(C(=O)N1C[C@@H](SC)C[C@H]1c1nc(-c2ccc(Br)cc2)c[nH]1)C(C)C. The van der Waals surface area contributed by atoms with Gasteiger partial charge in [-0.05, 0) is 30.7 Å². The third-order valence-corrected chi connectivity index (χ3v) is 6.86. The minimum atomic E-state index is -0.651. The second kappa shape index (κ2) is 9.87. The highest BCUT2D eigenvalue weighted by Gasteiger charge is 2.41. The van der Waals surface area contributed by atoms with E-state index in [-0.39, 0.29) is 17.9 Å². The highest BCUT2D eigenvalue weighted by Crippen LogP contribution is 2.37. The van der Waals surface area contributed by atoms with Gasteiger partial charge in [-0.15, -0.1) is 0 Å². The molecule has 2 amide bonds. The molecule has 1 saturated heterocycles. The normalized spacial score (nSPS) is 19.7. The molecular formula is C21H27BrN4O3S. The van der Waals surface area contributed by atoms with Crippen LogP contribution in [0, 0.1) is 5.92 Å². The second-order valence-electron chi connectivity index (χ2n) is 7.64. The van der Waals surface area contributed by atoms with Gasteiger partial charge < -0.3 is 19.9 Å². The van der Waals surface area contributed by atoms with Crippen LogP contribution in [0.5, 0.6) is 0 Å². The number of carbonyl (C=O) groups is 2. The molecule has 1 aliphatic heterocycles. The van der Waals surface area contributed by atoms with Crippen molar-refractivity contribution in [3.63, 3.8) is 0 Å². The number of thioether (sulfide) groups is 1. The number of nitrogens with one attached hydrogen (secondary N) is 2. The Balaban J connectivity index is 1.86. The monoisotopic (exact) mass is 494 g/mol. The van der Waals surface area contributed by atoms with Gasteiger partial charge in [0.2, 0.25) is 5.91 Å². The zero-order valence-electron chi connectivity index (χ0n) is 17.5. The van der Waals surface area contributed by atoms with Gasteiger partial charge in [-0.3, -0.25) is 4.79 Å². The molecule has 0 radical (unpaired) electrons. The summed E-state index contributed by atoms with van der Waals surface area (Å²) in [5, 5.41) is 3.00. The number of ether oxygens (including phenoxy) is 1. The number of nitrogens with zero attached hydrogens (tertiary/aromatic N) is 2. The largest absolute Gasteiger partial charge is 0.453 e. The number of H-pyrrole nitrogens is 1. The van der Waals surface area contributed by atoms with E-state index in [1.165, 1.54) is 7.11 Å². The lowest BCUT2D eigenvalue weighted by molar-refractivity contribution is -0.135. The number of methoxy groups -OCH3 is 1. The summed E-state index contributed by atoms with van der Waals surface area (Å²) in [4.78, 5) is 35.1. The molecule has 0 aliphatic carbocycles. The summed E-state index contributed by atoms with van der Waals surface area (Å²) in [7, 11) is 1.30.